The lowest BCUT2D eigenvalue weighted by Crippen LogP contribution is -2.60. The zero-order valence-electron chi connectivity index (χ0n) is 22.2. The van der Waals surface area contributed by atoms with Gasteiger partial charge in [0.2, 0.25) is 0 Å². The van der Waals surface area contributed by atoms with Crippen molar-refractivity contribution in [2.24, 2.45) is 5.92 Å². The van der Waals surface area contributed by atoms with Gasteiger partial charge in [0, 0.05) is 18.8 Å². The SMILES string of the molecule is C[C@H]([C@@H]1C=C[C@H]([C@@H]2C[C@H](O)[C@@H]3O[C@H](COCc4ccccc4)[C@@H](OCc4ccccc4)C[C@H]3O2)O1)[C@@H](C)O. The lowest BCUT2D eigenvalue weighted by atomic mass is 9.88. The van der Waals surface area contributed by atoms with E-state index in [-0.39, 0.29) is 42.5 Å². The molecule has 3 heterocycles. The lowest BCUT2D eigenvalue weighted by molar-refractivity contribution is -0.274. The molecule has 2 fully saturated rings. The quantitative estimate of drug-likeness (QED) is 0.457. The Morgan fingerprint density at radius 2 is 1.53 bits per heavy atom. The number of rotatable bonds is 10. The van der Waals surface area contributed by atoms with Crippen LogP contribution in [0.3, 0.4) is 0 Å². The second-order valence-electron chi connectivity index (χ2n) is 10.8. The molecule has 2 aromatic carbocycles. The van der Waals surface area contributed by atoms with Gasteiger partial charge in [0.05, 0.1) is 56.4 Å². The van der Waals surface area contributed by atoms with Gasteiger partial charge in [-0.25, -0.2) is 0 Å². The van der Waals surface area contributed by atoms with Crippen LogP contribution in [-0.2, 0) is 36.9 Å². The second kappa shape index (κ2) is 12.8. The molecule has 3 aliphatic heterocycles. The summed E-state index contributed by atoms with van der Waals surface area (Å²) in [7, 11) is 0. The first kappa shape index (κ1) is 27.5. The predicted molar refractivity (Wildman–Crippen MR) is 142 cm³/mol. The van der Waals surface area contributed by atoms with Crippen molar-refractivity contribution in [1.82, 2.24) is 0 Å². The first-order valence-electron chi connectivity index (χ1n) is 13.8. The summed E-state index contributed by atoms with van der Waals surface area (Å²) in [5.74, 6) is -0.0251. The van der Waals surface area contributed by atoms with Crippen LogP contribution in [0.25, 0.3) is 0 Å². The Hall–Kier alpha value is -2.10. The minimum Gasteiger partial charge on any atom is -0.393 e. The lowest BCUT2D eigenvalue weighted by Gasteiger charge is -2.48. The van der Waals surface area contributed by atoms with Crippen LogP contribution in [-0.4, -0.2) is 71.8 Å². The van der Waals surface area contributed by atoms with Gasteiger partial charge in [0.1, 0.15) is 18.3 Å². The number of benzene rings is 2. The number of hydrogen-bond acceptors (Lipinski definition) is 7. The molecule has 2 saturated heterocycles. The molecule has 0 aliphatic carbocycles. The summed E-state index contributed by atoms with van der Waals surface area (Å²) in [4.78, 5) is 0. The van der Waals surface area contributed by atoms with Gasteiger partial charge in [-0.3, -0.25) is 0 Å². The fourth-order valence-corrected chi connectivity index (χ4v) is 5.47. The van der Waals surface area contributed by atoms with E-state index in [2.05, 4.69) is 0 Å². The Morgan fingerprint density at radius 1 is 0.842 bits per heavy atom. The third-order valence-electron chi connectivity index (χ3n) is 7.93. The Bertz CT molecular complexity index is 1010. The van der Waals surface area contributed by atoms with E-state index in [9.17, 15) is 10.2 Å². The minimum absolute atomic E-state index is 0.0251. The summed E-state index contributed by atoms with van der Waals surface area (Å²) < 4.78 is 31.5. The van der Waals surface area contributed by atoms with Crippen molar-refractivity contribution in [1.29, 1.82) is 0 Å². The molecule has 0 radical (unpaired) electrons. The molecule has 38 heavy (non-hydrogen) atoms. The van der Waals surface area contributed by atoms with Crippen LogP contribution < -0.4 is 0 Å². The Morgan fingerprint density at radius 3 is 2.21 bits per heavy atom. The molecule has 0 amide bonds. The first-order chi connectivity index (χ1) is 18.5. The van der Waals surface area contributed by atoms with Crippen molar-refractivity contribution in [3.05, 3.63) is 83.9 Å². The first-order valence-corrected chi connectivity index (χ1v) is 13.8. The van der Waals surface area contributed by atoms with Crippen LogP contribution in [0.2, 0.25) is 0 Å². The van der Waals surface area contributed by atoms with Crippen LogP contribution in [0.15, 0.2) is 72.8 Å². The van der Waals surface area contributed by atoms with E-state index in [1.54, 1.807) is 6.92 Å². The van der Waals surface area contributed by atoms with Crippen molar-refractivity contribution in [3.8, 4) is 0 Å². The monoisotopic (exact) mass is 524 g/mol. The molecule has 2 aromatic rings. The molecule has 0 spiro atoms. The van der Waals surface area contributed by atoms with Crippen LogP contribution in [0.1, 0.15) is 37.8 Å². The zero-order chi connectivity index (χ0) is 26.5. The average molecular weight is 525 g/mol. The summed E-state index contributed by atoms with van der Waals surface area (Å²) in [6.07, 6.45) is 1.76. The highest BCUT2D eigenvalue weighted by Crippen LogP contribution is 2.37. The summed E-state index contributed by atoms with van der Waals surface area (Å²) in [5, 5.41) is 21.1. The molecule has 206 valence electrons. The maximum absolute atomic E-state index is 11.1. The smallest absolute Gasteiger partial charge is 0.110 e. The summed E-state index contributed by atoms with van der Waals surface area (Å²) in [6, 6.07) is 20.1. The molecule has 3 aliphatic rings. The van der Waals surface area contributed by atoms with Gasteiger partial charge in [-0.15, -0.1) is 0 Å². The van der Waals surface area contributed by atoms with E-state index in [0.29, 0.717) is 32.7 Å². The Balaban J connectivity index is 1.23. The van der Waals surface area contributed by atoms with Gasteiger partial charge in [-0.2, -0.15) is 0 Å². The van der Waals surface area contributed by atoms with Crippen LogP contribution in [0.4, 0.5) is 0 Å². The Kier molecular flexibility index (Phi) is 9.28. The molecule has 10 atom stereocenters. The third-order valence-corrected chi connectivity index (χ3v) is 7.93. The van der Waals surface area contributed by atoms with E-state index >= 15 is 0 Å². The van der Waals surface area contributed by atoms with E-state index in [1.165, 1.54) is 0 Å². The van der Waals surface area contributed by atoms with E-state index in [4.69, 9.17) is 23.7 Å². The van der Waals surface area contributed by atoms with Crippen molar-refractivity contribution in [2.75, 3.05) is 6.61 Å². The molecule has 0 unspecified atom stereocenters. The molecule has 7 heteroatoms. The standard InChI is InChI=1S/C31H40O7/c1-20(21(2)32)25-13-14-26(36-25)28-15-24(33)31-29(37-28)16-27(35-18-23-11-7-4-8-12-23)30(38-31)19-34-17-22-9-5-3-6-10-22/h3-14,20-21,24-33H,15-19H2,1-2H3/t20-,21+,24-,25-,26+,27-,28-,29+,30+,31-/m0/s1. The molecular formula is C31H40O7. The van der Waals surface area contributed by atoms with Crippen molar-refractivity contribution < 1.29 is 33.9 Å². The van der Waals surface area contributed by atoms with Gasteiger partial charge in [0.15, 0.2) is 0 Å². The van der Waals surface area contributed by atoms with E-state index in [1.807, 2.05) is 79.7 Å². The fourth-order valence-electron chi connectivity index (χ4n) is 5.47. The van der Waals surface area contributed by atoms with Gasteiger partial charge >= 0.3 is 0 Å². The molecule has 0 aromatic heterocycles. The van der Waals surface area contributed by atoms with E-state index < -0.39 is 18.3 Å². The maximum atomic E-state index is 11.1. The molecule has 7 nitrogen and oxygen atoms in total. The highest BCUT2D eigenvalue weighted by atomic mass is 16.6. The number of hydrogen-bond donors (Lipinski definition) is 2. The van der Waals surface area contributed by atoms with Gasteiger partial charge in [-0.1, -0.05) is 79.7 Å². The normalized spacial score (nSPS) is 34.5. The largest absolute Gasteiger partial charge is 0.393 e. The summed E-state index contributed by atoms with van der Waals surface area (Å²) in [6.45, 7) is 5.05. The van der Waals surface area contributed by atoms with Gasteiger partial charge in [0.25, 0.3) is 0 Å². The molecular weight excluding hydrogens is 484 g/mol. The van der Waals surface area contributed by atoms with Crippen molar-refractivity contribution in [2.45, 2.75) is 94.8 Å². The minimum atomic E-state index is -0.685. The zero-order valence-corrected chi connectivity index (χ0v) is 22.2. The van der Waals surface area contributed by atoms with Crippen LogP contribution in [0.5, 0.6) is 0 Å². The highest BCUT2D eigenvalue weighted by Gasteiger charge is 2.49. The average Bonchev–Trinajstić information content (AvgIpc) is 3.43. The third kappa shape index (κ3) is 6.72. The Labute approximate surface area is 225 Å². The molecule has 5 rings (SSSR count). The van der Waals surface area contributed by atoms with E-state index in [0.717, 1.165) is 11.1 Å². The van der Waals surface area contributed by atoms with Crippen molar-refractivity contribution >= 4 is 0 Å². The molecule has 0 bridgehead atoms. The second-order valence-corrected chi connectivity index (χ2v) is 10.8. The summed E-state index contributed by atoms with van der Waals surface area (Å²) >= 11 is 0. The highest BCUT2D eigenvalue weighted by molar-refractivity contribution is 5.14. The van der Waals surface area contributed by atoms with Gasteiger partial charge < -0.3 is 33.9 Å². The number of fused-ring (bicyclic) bond motifs is 1. The molecule has 0 saturated carbocycles. The maximum Gasteiger partial charge on any atom is 0.110 e. The molecule has 2 N–H and O–H groups in total. The van der Waals surface area contributed by atoms with Crippen LogP contribution >= 0.6 is 0 Å². The van der Waals surface area contributed by atoms with Gasteiger partial charge in [-0.05, 0) is 18.1 Å². The van der Waals surface area contributed by atoms with Crippen molar-refractivity contribution in [3.63, 3.8) is 0 Å². The summed E-state index contributed by atoms with van der Waals surface area (Å²) in [5.41, 5.74) is 2.18. The fraction of sp³-hybridized carbons (Fsp3) is 0.548. The predicted octanol–water partition coefficient (Wildman–Crippen LogP) is 3.81. The number of aliphatic hydroxyl groups is 2. The van der Waals surface area contributed by atoms with Crippen LogP contribution in [0, 0.1) is 5.92 Å². The number of aliphatic hydroxyl groups excluding tert-OH is 2. The topological polar surface area (TPSA) is 86.6 Å². The number of ether oxygens (including phenoxy) is 5.